The van der Waals surface area contributed by atoms with Crippen LogP contribution in [0.15, 0.2) is 78.6 Å². The number of aryl methyl sites for hydroxylation is 1. The first-order chi connectivity index (χ1) is 19.6. The summed E-state index contributed by atoms with van der Waals surface area (Å²) in [5.41, 5.74) is 7.75. The number of ketones is 1. The van der Waals surface area contributed by atoms with E-state index in [4.69, 9.17) is 4.98 Å². The fourth-order valence-corrected chi connectivity index (χ4v) is 6.95. The zero-order valence-corrected chi connectivity index (χ0v) is 29.7. The molecule has 0 fully saturated rings. The summed E-state index contributed by atoms with van der Waals surface area (Å²) in [6.45, 7) is 18.0. The molecule has 2 aromatic heterocycles. The number of fused-ring (bicyclic) bond motifs is 6. The molecule has 1 radical (unpaired) electrons. The standard InChI is InChI=1S/C27H20NS.C11H20O2.Ir/c1-16-15-22(28-21-13-6-4-9-17(16)21)18-11-8-12-20-24(18)27(2,3)25-19-10-5-7-14-23(19)29-26(20)25;1-10(2,3)8(12)7-9(13)11(4,5)6;/h4-10,12-15H,1-3H3;7,12H,1-6H3;/q-1;;/b;8-7-;. The number of aliphatic hydroxyl groups excluding tert-OH is 1. The number of para-hydroxylation sites is 1. The van der Waals surface area contributed by atoms with E-state index in [0.29, 0.717) is 0 Å². The molecule has 1 aliphatic carbocycles. The summed E-state index contributed by atoms with van der Waals surface area (Å²) < 4.78 is 1.37. The van der Waals surface area contributed by atoms with Gasteiger partial charge in [-0.25, -0.2) is 0 Å². The number of hydrogen-bond donors (Lipinski definition) is 1. The molecule has 5 heteroatoms. The molecule has 0 unspecified atom stereocenters. The van der Waals surface area contributed by atoms with Gasteiger partial charge in [0, 0.05) is 52.0 Å². The average Bonchev–Trinajstić information content (AvgIpc) is 3.42. The Kier molecular flexibility index (Phi) is 8.97. The summed E-state index contributed by atoms with van der Waals surface area (Å²) in [6, 6.07) is 27.2. The van der Waals surface area contributed by atoms with Gasteiger partial charge in [-0.3, -0.25) is 9.78 Å². The number of carbonyl (C=O) groups excluding carboxylic acids is 1. The summed E-state index contributed by atoms with van der Waals surface area (Å²) in [4.78, 5) is 17.9. The van der Waals surface area contributed by atoms with Crippen LogP contribution in [-0.2, 0) is 30.3 Å². The topological polar surface area (TPSA) is 50.2 Å². The Balaban J connectivity index is 0.000000260. The largest absolute Gasteiger partial charge is 0.512 e. The van der Waals surface area contributed by atoms with Gasteiger partial charge >= 0.3 is 0 Å². The van der Waals surface area contributed by atoms with Crippen molar-refractivity contribution in [3.8, 4) is 21.7 Å². The van der Waals surface area contributed by atoms with Crippen molar-refractivity contribution < 1.29 is 30.0 Å². The summed E-state index contributed by atoms with van der Waals surface area (Å²) in [5.74, 6) is 0.104. The van der Waals surface area contributed by atoms with E-state index in [1.54, 1.807) is 0 Å². The van der Waals surface area contributed by atoms with Crippen LogP contribution >= 0.6 is 11.3 Å². The first-order valence-corrected chi connectivity index (χ1v) is 15.3. The zero-order valence-electron chi connectivity index (χ0n) is 26.5. The van der Waals surface area contributed by atoms with Gasteiger partial charge in [0.2, 0.25) is 0 Å². The van der Waals surface area contributed by atoms with Crippen molar-refractivity contribution in [3.05, 3.63) is 101 Å². The number of rotatable bonds is 2. The second kappa shape index (κ2) is 11.8. The Labute approximate surface area is 273 Å². The first-order valence-electron chi connectivity index (χ1n) is 14.5. The van der Waals surface area contributed by atoms with E-state index in [1.807, 2.05) is 52.9 Å². The first kappa shape index (κ1) is 32.8. The number of benzene rings is 3. The second-order valence-corrected chi connectivity index (χ2v) is 14.9. The van der Waals surface area contributed by atoms with Crippen molar-refractivity contribution >= 4 is 38.1 Å². The molecule has 5 aromatic rings. The van der Waals surface area contributed by atoms with Gasteiger partial charge in [-0.05, 0) is 46.7 Å². The van der Waals surface area contributed by atoms with Crippen molar-refractivity contribution in [2.75, 3.05) is 0 Å². The van der Waals surface area contributed by atoms with Crippen LogP contribution in [0.5, 0.6) is 0 Å². The SMILES string of the molecule is CC(C)(C)C(=O)/C=C(\O)C(C)(C)C.Cc1cc(-c2[c-]ccc3c2C(C)(C)c2c-3sc3ccccc23)nc2ccccc12.[Ir]. The van der Waals surface area contributed by atoms with Crippen LogP contribution in [0.3, 0.4) is 0 Å². The number of nitrogens with zero attached hydrogens (tertiary/aromatic N) is 1. The summed E-state index contributed by atoms with van der Waals surface area (Å²) in [7, 11) is 0. The van der Waals surface area contributed by atoms with Crippen LogP contribution < -0.4 is 0 Å². The molecule has 3 aromatic carbocycles. The summed E-state index contributed by atoms with van der Waals surface area (Å²) in [6.07, 6.45) is 1.33. The Morgan fingerprint density at radius 2 is 1.53 bits per heavy atom. The molecular formula is C38H40IrNO2S-. The molecule has 0 saturated carbocycles. The van der Waals surface area contributed by atoms with E-state index in [2.05, 4.69) is 93.6 Å². The van der Waals surface area contributed by atoms with Gasteiger partial charge in [0.15, 0.2) is 5.78 Å². The van der Waals surface area contributed by atoms with Gasteiger partial charge in [-0.1, -0.05) is 103 Å². The molecule has 225 valence electrons. The number of hydrogen-bond acceptors (Lipinski definition) is 4. The number of pyridine rings is 1. The van der Waals surface area contributed by atoms with Crippen molar-refractivity contribution in [2.24, 2.45) is 10.8 Å². The molecule has 0 aliphatic heterocycles. The number of carbonyl (C=O) groups is 1. The number of allylic oxidation sites excluding steroid dienone is 2. The van der Waals surface area contributed by atoms with Crippen molar-refractivity contribution in [2.45, 2.75) is 67.7 Å². The third-order valence-corrected chi connectivity index (χ3v) is 9.25. The Morgan fingerprint density at radius 3 is 2.19 bits per heavy atom. The summed E-state index contributed by atoms with van der Waals surface area (Å²) in [5, 5.41) is 12.2. The predicted octanol–water partition coefficient (Wildman–Crippen LogP) is 10.6. The molecule has 0 spiro atoms. The minimum Gasteiger partial charge on any atom is -0.512 e. The maximum Gasteiger partial charge on any atom is 0.164 e. The van der Waals surface area contributed by atoms with Crippen molar-refractivity contribution in [3.63, 3.8) is 0 Å². The predicted molar refractivity (Wildman–Crippen MR) is 178 cm³/mol. The third kappa shape index (κ3) is 6.13. The second-order valence-electron chi connectivity index (χ2n) is 13.8. The minimum absolute atomic E-state index is 0. The van der Waals surface area contributed by atoms with E-state index < -0.39 is 5.41 Å². The van der Waals surface area contributed by atoms with Gasteiger partial charge < -0.3 is 5.11 Å². The molecule has 1 aliphatic rings. The van der Waals surface area contributed by atoms with E-state index in [-0.39, 0.29) is 42.5 Å². The van der Waals surface area contributed by atoms with Crippen LogP contribution in [0.2, 0.25) is 0 Å². The van der Waals surface area contributed by atoms with E-state index in [0.717, 1.165) is 16.8 Å². The fraction of sp³-hybridized carbons (Fsp3) is 0.316. The number of aliphatic hydroxyl groups is 1. The van der Waals surface area contributed by atoms with Crippen LogP contribution in [0.4, 0.5) is 0 Å². The van der Waals surface area contributed by atoms with E-state index in [1.165, 1.54) is 48.7 Å². The fourth-order valence-electron chi connectivity index (χ4n) is 5.55. The third-order valence-electron chi connectivity index (χ3n) is 8.04. The van der Waals surface area contributed by atoms with E-state index >= 15 is 0 Å². The Morgan fingerprint density at radius 1 is 0.907 bits per heavy atom. The molecule has 1 N–H and O–H groups in total. The molecule has 3 nitrogen and oxygen atoms in total. The van der Waals surface area contributed by atoms with Gasteiger partial charge in [-0.2, -0.15) is 0 Å². The van der Waals surface area contributed by atoms with Crippen LogP contribution in [0.1, 0.15) is 72.1 Å². The minimum atomic E-state index is -0.417. The van der Waals surface area contributed by atoms with Crippen LogP contribution in [0.25, 0.3) is 42.7 Å². The molecule has 2 heterocycles. The normalized spacial score (nSPS) is 14.0. The average molecular weight is 767 g/mol. The molecular weight excluding hydrogens is 727 g/mol. The zero-order chi connectivity index (χ0) is 30.6. The monoisotopic (exact) mass is 767 g/mol. The van der Waals surface area contributed by atoms with E-state index in [9.17, 15) is 9.90 Å². The quantitative estimate of drug-likeness (QED) is 0.111. The number of aromatic nitrogens is 1. The van der Waals surface area contributed by atoms with Gasteiger partial charge in [0.05, 0.1) is 5.52 Å². The Bertz CT molecular complexity index is 1870. The number of thiophene rings is 1. The molecule has 0 amide bonds. The molecule has 6 rings (SSSR count). The van der Waals surface area contributed by atoms with Crippen molar-refractivity contribution in [1.82, 2.24) is 4.98 Å². The van der Waals surface area contributed by atoms with Crippen LogP contribution in [-0.4, -0.2) is 15.9 Å². The maximum absolute atomic E-state index is 11.5. The molecule has 43 heavy (non-hydrogen) atoms. The smallest absolute Gasteiger partial charge is 0.164 e. The molecule has 0 saturated heterocycles. The molecule has 0 atom stereocenters. The maximum atomic E-state index is 11.5. The van der Waals surface area contributed by atoms with Gasteiger partial charge in [0.25, 0.3) is 0 Å². The van der Waals surface area contributed by atoms with Crippen molar-refractivity contribution in [1.29, 1.82) is 0 Å². The van der Waals surface area contributed by atoms with Crippen LogP contribution in [0, 0.1) is 23.8 Å². The molecule has 0 bridgehead atoms. The Hall–Kier alpha value is -3.11. The summed E-state index contributed by atoms with van der Waals surface area (Å²) >= 11 is 1.91. The van der Waals surface area contributed by atoms with Gasteiger partial charge in [0.1, 0.15) is 5.76 Å². The van der Waals surface area contributed by atoms with Gasteiger partial charge in [-0.15, -0.1) is 40.7 Å².